The van der Waals surface area contributed by atoms with E-state index in [0.29, 0.717) is 29.5 Å². The lowest BCUT2D eigenvalue weighted by Crippen LogP contribution is -2.29. The van der Waals surface area contributed by atoms with Crippen molar-refractivity contribution >= 4 is 22.9 Å². The van der Waals surface area contributed by atoms with Crippen molar-refractivity contribution in [1.29, 1.82) is 0 Å². The SMILES string of the molecule is CCCNc1nc(NC2CCC(O)CC2)nc2c1ncn2Cc1ccc(C(F)(F)F)cc1. The molecule has 0 unspecified atom stereocenters. The molecule has 2 aromatic heterocycles. The van der Waals surface area contributed by atoms with E-state index in [1.54, 1.807) is 6.33 Å². The summed E-state index contributed by atoms with van der Waals surface area (Å²) in [6.45, 7) is 3.13. The molecule has 3 N–H and O–H groups in total. The summed E-state index contributed by atoms with van der Waals surface area (Å²) in [6, 6.07) is 5.29. The molecule has 32 heavy (non-hydrogen) atoms. The number of hydrogen-bond donors (Lipinski definition) is 3. The Bertz CT molecular complexity index is 1040. The number of aliphatic hydroxyl groups is 1. The van der Waals surface area contributed by atoms with Gasteiger partial charge in [-0.05, 0) is 49.8 Å². The first kappa shape index (κ1) is 22.3. The van der Waals surface area contributed by atoms with Gasteiger partial charge in [0.15, 0.2) is 17.0 Å². The molecule has 0 amide bonds. The summed E-state index contributed by atoms with van der Waals surface area (Å²) >= 11 is 0. The molecule has 4 rings (SSSR count). The summed E-state index contributed by atoms with van der Waals surface area (Å²) in [5.41, 5.74) is 1.27. The van der Waals surface area contributed by atoms with E-state index in [2.05, 4.69) is 32.5 Å². The van der Waals surface area contributed by atoms with Gasteiger partial charge in [-0.2, -0.15) is 23.1 Å². The molecule has 1 aliphatic carbocycles. The van der Waals surface area contributed by atoms with Crippen molar-refractivity contribution in [1.82, 2.24) is 19.5 Å². The van der Waals surface area contributed by atoms with Gasteiger partial charge in [-0.3, -0.25) is 0 Å². The standard InChI is InChI=1S/C22H27F3N6O/c1-2-11-26-19-18-20(30-21(29-19)28-16-7-9-17(32)10-8-16)31(13-27-18)12-14-3-5-15(6-4-14)22(23,24)25/h3-6,13,16-17,32H,2,7-12H2,1H3,(H2,26,28,29,30). The Morgan fingerprint density at radius 2 is 1.81 bits per heavy atom. The van der Waals surface area contributed by atoms with E-state index in [0.717, 1.165) is 56.3 Å². The number of hydrogen-bond acceptors (Lipinski definition) is 6. The van der Waals surface area contributed by atoms with Gasteiger partial charge < -0.3 is 20.3 Å². The van der Waals surface area contributed by atoms with Gasteiger partial charge >= 0.3 is 6.18 Å². The lowest BCUT2D eigenvalue weighted by atomic mass is 9.93. The molecule has 10 heteroatoms. The van der Waals surface area contributed by atoms with Crippen LogP contribution < -0.4 is 10.6 Å². The number of benzene rings is 1. The molecule has 172 valence electrons. The third kappa shape index (κ3) is 5.12. The number of anilines is 2. The van der Waals surface area contributed by atoms with Gasteiger partial charge in [-0.15, -0.1) is 0 Å². The zero-order chi connectivity index (χ0) is 22.7. The smallest absolute Gasteiger partial charge is 0.393 e. The predicted octanol–water partition coefficient (Wildman–Crippen LogP) is 4.43. The average molecular weight is 448 g/mol. The summed E-state index contributed by atoms with van der Waals surface area (Å²) < 4.78 is 40.4. The van der Waals surface area contributed by atoms with Gasteiger partial charge in [0.2, 0.25) is 5.95 Å². The summed E-state index contributed by atoms with van der Waals surface area (Å²) in [4.78, 5) is 13.7. The molecule has 2 heterocycles. The Hall–Kier alpha value is -2.88. The normalized spacial score (nSPS) is 19.3. The average Bonchev–Trinajstić information content (AvgIpc) is 3.16. The molecule has 0 radical (unpaired) electrons. The topological polar surface area (TPSA) is 87.9 Å². The van der Waals surface area contributed by atoms with Crippen molar-refractivity contribution in [3.05, 3.63) is 41.7 Å². The minimum absolute atomic E-state index is 0.182. The van der Waals surface area contributed by atoms with E-state index >= 15 is 0 Å². The molecule has 0 spiro atoms. The molecule has 0 atom stereocenters. The number of alkyl halides is 3. The Morgan fingerprint density at radius 1 is 1.09 bits per heavy atom. The highest BCUT2D eigenvalue weighted by atomic mass is 19.4. The molecule has 0 aliphatic heterocycles. The molecular weight excluding hydrogens is 421 g/mol. The van der Waals surface area contributed by atoms with E-state index in [1.807, 2.05) is 4.57 Å². The van der Waals surface area contributed by atoms with Gasteiger partial charge in [0, 0.05) is 12.6 Å². The van der Waals surface area contributed by atoms with Gasteiger partial charge in [-0.1, -0.05) is 19.1 Å². The van der Waals surface area contributed by atoms with E-state index in [4.69, 9.17) is 0 Å². The first-order chi connectivity index (χ1) is 15.3. The summed E-state index contributed by atoms with van der Waals surface area (Å²) in [6.07, 6.45) is 1.11. The number of fused-ring (bicyclic) bond motifs is 1. The van der Waals surface area contributed by atoms with E-state index in [1.165, 1.54) is 12.1 Å². The minimum Gasteiger partial charge on any atom is -0.393 e. The second-order valence-electron chi connectivity index (χ2n) is 8.21. The van der Waals surface area contributed by atoms with Crippen molar-refractivity contribution in [2.24, 2.45) is 0 Å². The fourth-order valence-corrected chi connectivity index (χ4v) is 3.89. The van der Waals surface area contributed by atoms with Crippen molar-refractivity contribution in [2.45, 2.75) is 63.9 Å². The Balaban J connectivity index is 1.61. The fourth-order valence-electron chi connectivity index (χ4n) is 3.89. The second-order valence-corrected chi connectivity index (χ2v) is 8.21. The first-order valence-corrected chi connectivity index (χ1v) is 10.9. The number of nitrogens with zero attached hydrogens (tertiary/aromatic N) is 4. The number of nitrogens with one attached hydrogen (secondary N) is 2. The maximum atomic E-state index is 12.8. The minimum atomic E-state index is -4.36. The van der Waals surface area contributed by atoms with Gasteiger partial charge in [0.25, 0.3) is 0 Å². The quantitative estimate of drug-likeness (QED) is 0.496. The van der Waals surface area contributed by atoms with Crippen LogP contribution in [0.1, 0.15) is 50.2 Å². The van der Waals surface area contributed by atoms with Crippen LogP contribution in [0.25, 0.3) is 11.2 Å². The summed E-state index contributed by atoms with van der Waals surface area (Å²) in [5.74, 6) is 1.10. The molecule has 0 bridgehead atoms. The van der Waals surface area contributed by atoms with E-state index in [9.17, 15) is 18.3 Å². The fraction of sp³-hybridized carbons (Fsp3) is 0.500. The zero-order valence-electron chi connectivity index (χ0n) is 17.9. The molecular formula is C22H27F3N6O. The lowest BCUT2D eigenvalue weighted by molar-refractivity contribution is -0.137. The third-order valence-corrected chi connectivity index (χ3v) is 5.67. The number of imidazole rings is 1. The highest BCUT2D eigenvalue weighted by Crippen LogP contribution is 2.30. The largest absolute Gasteiger partial charge is 0.416 e. The summed E-state index contributed by atoms with van der Waals surface area (Å²) in [5, 5.41) is 16.4. The van der Waals surface area contributed by atoms with Gasteiger partial charge in [0.1, 0.15) is 0 Å². The molecule has 1 fully saturated rings. The number of rotatable bonds is 7. The molecule has 3 aromatic rings. The molecule has 0 saturated heterocycles. The van der Waals surface area contributed by atoms with Crippen LogP contribution in [0.5, 0.6) is 0 Å². The van der Waals surface area contributed by atoms with Crippen molar-refractivity contribution in [3.63, 3.8) is 0 Å². The highest BCUT2D eigenvalue weighted by molar-refractivity contribution is 5.84. The van der Waals surface area contributed by atoms with Crippen molar-refractivity contribution < 1.29 is 18.3 Å². The zero-order valence-corrected chi connectivity index (χ0v) is 17.9. The predicted molar refractivity (Wildman–Crippen MR) is 117 cm³/mol. The van der Waals surface area contributed by atoms with E-state index < -0.39 is 11.7 Å². The van der Waals surface area contributed by atoms with Crippen LogP contribution in [0.15, 0.2) is 30.6 Å². The van der Waals surface area contributed by atoms with Crippen LogP contribution in [0, 0.1) is 0 Å². The van der Waals surface area contributed by atoms with Crippen molar-refractivity contribution in [3.8, 4) is 0 Å². The maximum Gasteiger partial charge on any atom is 0.416 e. The number of halogens is 3. The first-order valence-electron chi connectivity index (χ1n) is 10.9. The van der Waals surface area contributed by atoms with Gasteiger partial charge in [-0.25, -0.2) is 4.98 Å². The van der Waals surface area contributed by atoms with Gasteiger partial charge in [0.05, 0.1) is 24.5 Å². The van der Waals surface area contributed by atoms with E-state index in [-0.39, 0.29) is 12.1 Å². The molecule has 7 nitrogen and oxygen atoms in total. The number of aromatic nitrogens is 4. The Labute approximate surface area is 184 Å². The van der Waals surface area contributed by atoms with Crippen molar-refractivity contribution in [2.75, 3.05) is 17.2 Å². The summed E-state index contributed by atoms with van der Waals surface area (Å²) in [7, 11) is 0. The molecule has 1 aliphatic rings. The van der Waals surface area contributed by atoms with Crippen LogP contribution in [0.2, 0.25) is 0 Å². The monoisotopic (exact) mass is 448 g/mol. The maximum absolute atomic E-state index is 12.8. The van der Waals surface area contributed by atoms with Crippen LogP contribution in [0.3, 0.4) is 0 Å². The number of aliphatic hydroxyl groups excluding tert-OH is 1. The van der Waals surface area contributed by atoms with Crippen LogP contribution >= 0.6 is 0 Å². The molecule has 1 aromatic carbocycles. The Kier molecular flexibility index (Phi) is 6.50. The molecule has 1 saturated carbocycles. The van der Waals surface area contributed by atoms with Crippen LogP contribution in [-0.4, -0.2) is 43.3 Å². The lowest BCUT2D eigenvalue weighted by Gasteiger charge is -2.26. The highest BCUT2D eigenvalue weighted by Gasteiger charge is 2.30. The second kappa shape index (κ2) is 9.32. The van der Waals surface area contributed by atoms with Crippen LogP contribution in [0.4, 0.5) is 24.9 Å². The third-order valence-electron chi connectivity index (χ3n) is 5.67. The Morgan fingerprint density at radius 3 is 2.47 bits per heavy atom. The van der Waals surface area contributed by atoms with Crippen LogP contribution in [-0.2, 0) is 12.7 Å².